The normalized spacial score (nSPS) is 30.5. The highest BCUT2D eigenvalue weighted by Gasteiger charge is 2.39. The first kappa shape index (κ1) is 17.2. The molecule has 1 saturated heterocycles. The van der Waals surface area contributed by atoms with Crippen molar-refractivity contribution in [2.75, 3.05) is 0 Å². The van der Waals surface area contributed by atoms with E-state index in [1.165, 1.54) is 0 Å². The van der Waals surface area contributed by atoms with E-state index in [1.807, 2.05) is 0 Å². The maximum absolute atomic E-state index is 11.5. The number of ether oxygens (including phenoxy) is 1. The lowest BCUT2D eigenvalue weighted by molar-refractivity contribution is -0.123. The van der Waals surface area contributed by atoms with Crippen molar-refractivity contribution in [3.63, 3.8) is 0 Å². The quantitative estimate of drug-likeness (QED) is 0.685. The summed E-state index contributed by atoms with van der Waals surface area (Å²) >= 11 is 0. The Labute approximate surface area is 130 Å². The van der Waals surface area contributed by atoms with Gasteiger partial charge >= 0.3 is 0 Å². The zero-order valence-corrected chi connectivity index (χ0v) is 15.4. The van der Waals surface area contributed by atoms with Crippen LogP contribution in [0.25, 0.3) is 0 Å². The van der Waals surface area contributed by atoms with Crippen LogP contribution in [0.1, 0.15) is 58.8 Å². The molecule has 2 fully saturated rings. The van der Waals surface area contributed by atoms with Crippen molar-refractivity contribution in [3.05, 3.63) is 0 Å². The van der Waals surface area contributed by atoms with E-state index in [0.717, 1.165) is 44.9 Å². The number of Topliss-reactive ketones (excluding diaryl/α,β-unsaturated/α-hetero) is 1. The SMILES string of the molecule is CC(C)(CCC[C@H]1C[C@@H]2CC(=O)CC[C@@H]2O1)O[Si](C)(C)C. The van der Waals surface area contributed by atoms with E-state index in [0.29, 0.717) is 23.9 Å². The molecule has 3 atom stereocenters. The molecule has 1 aliphatic heterocycles. The molecule has 0 aromatic heterocycles. The average Bonchev–Trinajstić information content (AvgIpc) is 2.66. The van der Waals surface area contributed by atoms with Gasteiger partial charge in [0.2, 0.25) is 0 Å². The van der Waals surface area contributed by atoms with E-state index in [2.05, 4.69) is 33.5 Å². The summed E-state index contributed by atoms with van der Waals surface area (Å²) in [6.45, 7) is 11.2. The van der Waals surface area contributed by atoms with Gasteiger partial charge in [-0.2, -0.15) is 0 Å². The van der Waals surface area contributed by atoms with Crippen LogP contribution in [0.3, 0.4) is 0 Å². The molecule has 0 aromatic rings. The smallest absolute Gasteiger partial charge is 0.184 e. The number of hydrogen-bond donors (Lipinski definition) is 0. The number of carbonyl (C=O) groups excluding carboxylic acids is 1. The van der Waals surface area contributed by atoms with Crippen LogP contribution in [0.2, 0.25) is 19.6 Å². The standard InChI is InChI=1S/C17H32O3Si/c1-17(2,20-21(3,4)5)10-6-7-15-12-13-11-14(18)8-9-16(13)19-15/h13,15-16H,6-12H2,1-5H3/t13-,15-,16-/m0/s1. The Balaban J connectivity index is 1.71. The van der Waals surface area contributed by atoms with Crippen LogP contribution < -0.4 is 0 Å². The first-order valence-corrected chi connectivity index (χ1v) is 11.9. The third-order valence-electron chi connectivity index (χ3n) is 4.54. The molecule has 0 amide bonds. The van der Waals surface area contributed by atoms with Crippen LogP contribution >= 0.6 is 0 Å². The molecule has 3 nitrogen and oxygen atoms in total. The molecule has 0 spiro atoms. The lowest BCUT2D eigenvalue weighted by atomic mass is 9.84. The van der Waals surface area contributed by atoms with E-state index < -0.39 is 8.32 Å². The molecule has 4 heteroatoms. The van der Waals surface area contributed by atoms with Crippen LogP contribution in [-0.4, -0.2) is 31.9 Å². The summed E-state index contributed by atoms with van der Waals surface area (Å²) in [5.74, 6) is 0.938. The molecule has 0 aromatic carbocycles. The molecular weight excluding hydrogens is 280 g/mol. The van der Waals surface area contributed by atoms with Crippen LogP contribution in [0.5, 0.6) is 0 Å². The summed E-state index contributed by atoms with van der Waals surface area (Å²) in [6, 6.07) is 0. The van der Waals surface area contributed by atoms with E-state index >= 15 is 0 Å². The van der Waals surface area contributed by atoms with Gasteiger partial charge in [0.05, 0.1) is 17.8 Å². The van der Waals surface area contributed by atoms with Crippen LogP contribution in [-0.2, 0) is 14.0 Å². The first-order valence-electron chi connectivity index (χ1n) is 8.52. The van der Waals surface area contributed by atoms with Gasteiger partial charge in [-0.15, -0.1) is 0 Å². The predicted molar refractivity (Wildman–Crippen MR) is 88.0 cm³/mol. The predicted octanol–water partition coefficient (Wildman–Crippen LogP) is 4.31. The summed E-state index contributed by atoms with van der Waals surface area (Å²) in [7, 11) is -1.48. The van der Waals surface area contributed by atoms with E-state index in [4.69, 9.17) is 9.16 Å². The fraction of sp³-hybridized carbons (Fsp3) is 0.941. The minimum atomic E-state index is -1.48. The molecule has 2 aliphatic rings. The second kappa shape index (κ2) is 6.51. The lowest BCUT2D eigenvalue weighted by Crippen LogP contribution is -2.38. The molecule has 21 heavy (non-hydrogen) atoms. The second-order valence-corrected chi connectivity index (χ2v) is 12.9. The molecule has 0 bridgehead atoms. The van der Waals surface area contributed by atoms with Gasteiger partial charge in [0, 0.05) is 12.8 Å². The molecule has 0 radical (unpaired) electrons. The summed E-state index contributed by atoms with van der Waals surface area (Å²) < 4.78 is 12.4. The molecule has 2 rings (SSSR count). The highest BCUT2D eigenvalue weighted by molar-refractivity contribution is 6.69. The van der Waals surface area contributed by atoms with Crippen LogP contribution in [0.15, 0.2) is 0 Å². The minimum Gasteiger partial charge on any atom is -0.413 e. The van der Waals surface area contributed by atoms with Crippen molar-refractivity contribution in [1.29, 1.82) is 0 Å². The number of rotatable bonds is 6. The number of hydrogen-bond acceptors (Lipinski definition) is 3. The number of fused-ring (bicyclic) bond motifs is 1. The molecule has 0 N–H and O–H groups in total. The van der Waals surface area contributed by atoms with Gasteiger partial charge in [0.25, 0.3) is 0 Å². The highest BCUT2D eigenvalue weighted by atomic mass is 28.4. The third kappa shape index (κ3) is 5.50. The highest BCUT2D eigenvalue weighted by Crippen LogP contribution is 2.38. The van der Waals surface area contributed by atoms with E-state index in [-0.39, 0.29) is 5.60 Å². The lowest BCUT2D eigenvalue weighted by Gasteiger charge is -2.33. The van der Waals surface area contributed by atoms with E-state index in [1.54, 1.807) is 0 Å². The van der Waals surface area contributed by atoms with Crippen LogP contribution in [0, 0.1) is 5.92 Å². The van der Waals surface area contributed by atoms with Crippen molar-refractivity contribution in [2.24, 2.45) is 5.92 Å². The summed E-state index contributed by atoms with van der Waals surface area (Å²) in [5, 5.41) is 0. The van der Waals surface area contributed by atoms with Crippen molar-refractivity contribution in [2.45, 2.75) is 96.2 Å². The summed E-state index contributed by atoms with van der Waals surface area (Å²) in [4.78, 5) is 11.5. The molecule has 122 valence electrons. The number of ketones is 1. The molecule has 1 aliphatic carbocycles. The monoisotopic (exact) mass is 312 g/mol. The van der Waals surface area contributed by atoms with Crippen LogP contribution in [0.4, 0.5) is 0 Å². The summed E-state index contributed by atoms with van der Waals surface area (Å²) in [6.07, 6.45) is 7.60. The molecule has 1 saturated carbocycles. The first-order chi connectivity index (χ1) is 9.65. The van der Waals surface area contributed by atoms with E-state index in [9.17, 15) is 4.79 Å². The van der Waals surface area contributed by atoms with Gasteiger partial charge in [0.1, 0.15) is 5.78 Å². The zero-order chi connectivity index (χ0) is 15.7. The average molecular weight is 313 g/mol. The van der Waals surface area contributed by atoms with Gasteiger partial charge in [-0.05, 0) is 71.5 Å². The van der Waals surface area contributed by atoms with Gasteiger partial charge in [-0.1, -0.05) is 0 Å². The van der Waals surface area contributed by atoms with Gasteiger partial charge in [-0.3, -0.25) is 4.79 Å². The topological polar surface area (TPSA) is 35.5 Å². The molecule has 1 heterocycles. The fourth-order valence-electron chi connectivity index (χ4n) is 3.94. The van der Waals surface area contributed by atoms with Gasteiger partial charge < -0.3 is 9.16 Å². The Bertz CT molecular complexity index is 373. The Morgan fingerprint density at radius 1 is 1.33 bits per heavy atom. The van der Waals surface area contributed by atoms with Crippen molar-refractivity contribution >= 4 is 14.1 Å². The Kier molecular flexibility index (Phi) is 5.32. The zero-order valence-electron chi connectivity index (χ0n) is 14.4. The Morgan fingerprint density at radius 2 is 2.05 bits per heavy atom. The minimum absolute atomic E-state index is 0.0220. The van der Waals surface area contributed by atoms with Crippen molar-refractivity contribution in [3.8, 4) is 0 Å². The van der Waals surface area contributed by atoms with Crippen molar-refractivity contribution < 1.29 is 14.0 Å². The number of carbonyl (C=O) groups is 1. The second-order valence-electron chi connectivity index (χ2n) is 8.44. The Morgan fingerprint density at radius 3 is 2.71 bits per heavy atom. The maximum atomic E-state index is 11.5. The van der Waals surface area contributed by atoms with Gasteiger partial charge in [0.15, 0.2) is 8.32 Å². The third-order valence-corrected chi connectivity index (χ3v) is 5.71. The Hall–Kier alpha value is -0.193. The summed E-state index contributed by atoms with van der Waals surface area (Å²) in [5.41, 5.74) is -0.0220. The maximum Gasteiger partial charge on any atom is 0.184 e. The van der Waals surface area contributed by atoms with Crippen molar-refractivity contribution in [1.82, 2.24) is 0 Å². The van der Waals surface area contributed by atoms with Gasteiger partial charge in [-0.25, -0.2) is 0 Å². The fourth-order valence-corrected chi connectivity index (χ4v) is 5.70. The molecule has 0 unspecified atom stereocenters. The largest absolute Gasteiger partial charge is 0.413 e. The molecular formula is C17H32O3Si.